The van der Waals surface area contributed by atoms with Crippen LogP contribution in [0, 0.1) is 11.7 Å². The summed E-state index contributed by atoms with van der Waals surface area (Å²) in [5.41, 5.74) is 2.31. The molecular weight excluding hydrogens is 331 g/mol. The van der Waals surface area contributed by atoms with Gasteiger partial charge in [0.25, 0.3) is 5.91 Å². The number of nitrogens with one attached hydrogen (secondary N) is 1. The Labute approximate surface area is 153 Å². The van der Waals surface area contributed by atoms with Crippen LogP contribution in [0.4, 0.5) is 4.39 Å². The summed E-state index contributed by atoms with van der Waals surface area (Å²) in [7, 11) is 4.05. The Morgan fingerprint density at radius 2 is 1.92 bits per heavy atom. The first kappa shape index (κ1) is 17.2. The van der Waals surface area contributed by atoms with E-state index >= 15 is 0 Å². The van der Waals surface area contributed by atoms with Gasteiger partial charge < -0.3 is 15.0 Å². The predicted molar refractivity (Wildman–Crippen MR) is 98.4 cm³/mol. The number of rotatable bonds is 4. The van der Waals surface area contributed by atoms with E-state index in [9.17, 15) is 9.18 Å². The minimum absolute atomic E-state index is 0.0713. The summed E-state index contributed by atoms with van der Waals surface area (Å²) in [6, 6.07) is 14.1. The Hall–Kier alpha value is -2.24. The number of hydrogen-bond acceptors (Lipinski definition) is 3. The molecule has 0 radical (unpaired) electrons. The molecule has 1 amide bonds. The van der Waals surface area contributed by atoms with Crippen molar-refractivity contribution in [2.75, 3.05) is 20.7 Å². The van der Waals surface area contributed by atoms with Crippen molar-refractivity contribution in [3.05, 3.63) is 59.9 Å². The second kappa shape index (κ2) is 6.82. The molecule has 26 heavy (non-hydrogen) atoms. The number of nitrogens with zero attached hydrogens (tertiary/aromatic N) is 1. The van der Waals surface area contributed by atoms with E-state index in [2.05, 4.69) is 10.2 Å². The highest BCUT2D eigenvalue weighted by atomic mass is 19.1. The van der Waals surface area contributed by atoms with Crippen LogP contribution in [0.15, 0.2) is 48.5 Å². The zero-order valence-corrected chi connectivity index (χ0v) is 15.0. The first-order chi connectivity index (χ1) is 12.5. The second-order valence-electron chi connectivity index (χ2n) is 7.33. The lowest BCUT2D eigenvalue weighted by Gasteiger charge is -2.50. The maximum atomic E-state index is 13.4. The summed E-state index contributed by atoms with van der Waals surface area (Å²) < 4.78 is 19.2. The Morgan fingerprint density at radius 3 is 2.62 bits per heavy atom. The van der Waals surface area contributed by atoms with E-state index in [4.69, 9.17) is 4.74 Å². The van der Waals surface area contributed by atoms with Crippen LogP contribution in [0.3, 0.4) is 0 Å². The van der Waals surface area contributed by atoms with Gasteiger partial charge in [-0.05, 0) is 55.9 Å². The molecule has 4 unspecified atom stereocenters. The van der Waals surface area contributed by atoms with Gasteiger partial charge in [0.2, 0.25) is 0 Å². The van der Waals surface area contributed by atoms with Gasteiger partial charge in [0.05, 0.1) is 18.2 Å². The molecule has 2 fully saturated rings. The molecule has 4 atom stereocenters. The molecule has 4 nitrogen and oxygen atoms in total. The fraction of sp³-hybridized carbons (Fsp3) is 0.381. The molecule has 4 rings (SSSR count). The molecular formula is C21H23FN2O2. The van der Waals surface area contributed by atoms with E-state index in [1.807, 2.05) is 32.3 Å². The lowest BCUT2D eigenvalue weighted by molar-refractivity contribution is -0.0664. The Morgan fingerprint density at radius 1 is 1.15 bits per heavy atom. The van der Waals surface area contributed by atoms with Crippen molar-refractivity contribution in [2.24, 2.45) is 5.92 Å². The molecule has 2 aromatic rings. The highest BCUT2D eigenvalue weighted by Crippen LogP contribution is 2.41. The van der Waals surface area contributed by atoms with Gasteiger partial charge in [0.15, 0.2) is 0 Å². The summed E-state index contributed by atoms with van der Waals surface area (Å²) >= 11 is 0. The molecule has 1 saturated heterocycles. The van der Waals surface area contributed by atoms with E-state index in [1.54, 1.807) is 18.2 Å². The van der Waals surface area contributed by atoms with Gasteiger partial charge in [-0.3, -0.25) is 4.79 Å². The van der Waals surface area contributed by atoms with Gasteiger partial charge in [0, 0.05) is 18.1 Å². The SMILES string of the molecule is CN(C)C1C(NC(=O)c2ccc(-c3cccc(F)c3)cc2)C2CCOC21. The van der Waals surface area contributed by atoms with Crippen LogP contribution in [0.25, 0.3) is 11.1 Å². The maximum Gasteiger partial charge on any atom is 0.251 e. The van der Waals surface area contributed by atoms with Crippen LogP contribution in [-0.4, -0.2) is 49.7 Å². The van der Waals surface area contributed by atoms with Crippen molar-refractivity contribution in [3.8, 4) is 11.1 Å². The van der Waals surface area contributed by atoms with Crippen molar-refractivity contribution in [1.82, 2.24) is 10.2 Å². The first-order valence-electron chi connectivity index (χ1n) is 8.99. The van der Waals surface area contributed by atoms with Crippen LogP contribution in [0.1, 0.15) is 16.8 Å². The minimum Gasteiger partial charge on any atom is -0.376 e. The molecule has 2 aliphatic rings. The third kappa shape index (κ3) is 3.02. The minimum atomic E-state index is -0.266. The number of hydrogen-bond donors (Lipinski definition) is 1. The number of amides is 1. The van der Waals surface area contributed by atoms with Crippen molar-refractivity contribution in [1.29, 1.82) is 0 Å². The molecule has 5 heteroatoms. The lowest BCUT2D eigenvalue weighted by Crippen LogP contribution is -2.69. The van der Waals surface area contributed by atoms with Crippen LogP contribution < -0.4 is 5.32 Å². The molecule has 1 N–H and O–H groups in total. The third-order valence-electron chi connectivity index (χ3n) is 5.55. The van der Waals surface area contributed by atoms with Crippen molar-refractivity contribution in [2.45, 2.75) is 24.6 Å². The smallest absolute Gasteiger partial charge is 0.251 e. The highest BCUT2D eigenvalue weighted by molar-refractivity contribution is 5.95. The van der Waals surface area contributed by atoms with Crippen LogP contribution >= 0.6 is 0 Å². The summed E-state index contributed by atoms with van der Waals surface area (Å²) in [4.78, 5) is 14.8. The fourth-order valence-electron chi connectivity index (χ4n) is 4.20. The molecule has 1 aliphatic heterocycles. The van der Waals surface area contributed by atoms with Crippen molar-refractivity contribution >= 4 is 5.91 Å². The zero-order valence-electron chi connectivity index (χ0n) is 15.0. The van der Waals surface area contributed by atoms with Gasteiger partial charge in [-0.1, -0.05) is 24.3 Å². The molecule has 1 saturated carbocycles. The largest absolute Gasteiger partial charge is 0.376 e. The van der Waals surface area contributed by atoms with Gasteiger partial charge in [-0.2, -0.15) is 0 Å². The van der Waals surface area contributed by atoms with Crippen LogP contribution in [0.5, 0.6) is 0 Å². The van der Waals surface area contributed by atoms with Gasteiger partial charge in [0.1, 0.15) is 5.82 Å². The summed E-state index contributed by atoms with van der Waals surface area (Å²) in [5, 5.41) is 3.18. The van der Waals surface area contributed by atoms with Gasteiger partial charge in [-0.15, -0.1) is 0 Å². The summed E-state index contributed by atoms with van der Waals surface area (Å²) in [6.45, 7) is 0.772. The first-order valence-corrected chi connectivity index (χ1v) is 8.99. The van der Waals surface area contributed by atoms with Crippen molar-refractivity contribution in [3.63, 3.8) is 0 Å². The highest BCUT2D eigenvalue weighted by Gasteiger charge is 2.55. The Kier molecular flexibility index (Phi) is 4.51. The van der Waals surface area contributed by atoms with Gasteiger partial charge in [-0.25, -0.2) is 4.39 Å². The Bertz CT molecular complexity index is 806. The molecule has 0 aromatic heterocycles. The normalized spacial score (nSPS) is 27.1. The van der Waals surface area contributed by atoms with E-state index < -0.39 is 0 Å². The summed E-state index contributed by atoms with van der Waals surface area (Å²) in [5.74, 6) is 0.0632. The molecule has 0 spiro atoms. The lowest BCUT2D eigenvalue weighted by atomic mass is 9.71. The molecule has 1 aliphatic carbocycles. The topological polar surface area (TPSA) is 41.6 Å². The number of fused-ring (bicyclic) bond motifs is 1. The fourth-order valence-corrected chi connectivity index (χ4v) is 4.20. The monoisotopic (exact) mass is 354 g/mol. The molecule has 2 aromatic carbocycles. The zero-order chi connectivity index (χ0) is 18.3. The molecule has 0 bridgehead atoms. The maximum absolute atomic E-state index is 13.4. The van der Waals surface area contributed by atoms with E-state index in [-0.39, 0.29) is 29.9 Å². The number of carbonyl (C=O) groups excluding carboxylic acids is 1. The standard InChI is InChI=1S/C21H23FN2O2/c1-24(2)19-18(17-10-11-26-20(17)19)23-21(25)14-8-6-13(7-9-14)15-4-3-5-16(22)12-15/h3-9,12,17-20H,10-11H2,1-2H3,(H,23,25). The number of likely N-dealkylation sites (N-methyl/N-ethyl adjacent to an activating group) is 1. The number of benzene rings is 2. The quantitative estimate of drug-likeness (QED) is 0.918. The average Bonchev–Trinajstić information content (AvgIpc) is 3.02. The van der Waals surface area contributed by atoms with E-state index in [0.29, 0.717) is 11.5 Å². The Balaban J connectivity index is 1.47. The average molecular weight is 354 g/mol. The third-order valence-corrected chi connectivity index (χ3v) is 5.55. The van der Waals surface area contributed by atoms with Crippen LogP contribution in [-0.2, 0) is 4.74 Å². The number of ether oxygens (including phenoxy) is 1. The predicted octanol–water partition coefficient (Wildman–Crippen LogP) is 2.94. The molecule has 136 valence electrons. The summed E-state index contributed by atoms with van der Waals surface area (Å²) in [6.07, 6.45) is 1.23. The number of carbonyl (C=O) groups is 1. The van der Waals surface area contributed by atoms with Crippen LogP contribution in [0.2, 0.25) is 0 Å². The van der Waals surface area contributed by atoms with E-state index in [1.165, 1.54) is 12.1 Å². The van der Waals surface area contributed by atoms with Gasteiger partial charge >= 0.3 is 0 Å². The number of halogens is 1. The van der Waals surface area contributed by atoms with Crippen molar-refractivity contribution < 1.29 is 13.9 Å². The second-order valence-corrected chi connectivity index (χ2v) is 7.33. The van der Waals surface area contributed by atoms with E-state index in [0.717, 1.165) is 24.2 Å². The molecule has 1 heterocycles.